The molecule has 1 heterocycles. The SMILES string of the molecule is CN1CCC(CN(C)c2ccc([N+](=O)[O-])c(C(=O)O)c2)C1. The second-order valence-electron chi connectivity index (χ2n) is 5.56. The molecule has 0 spiro atoms. The molecule has 7 heteroatoms. The quantitative estimate of drug-likeness (QED) is 0.656. The number of rotatable bonds is 5. The molecule has 0 bridgehead atoms. The van der Waals surface area contributed by atoms with Gasteiger partial charge < -0.3 is 14.9 Å². The second-order valence-corrected chi connectivity index (χ2v) is 5.56. The van der Waals surface area contributed by atoms with Crippen LogP contribution in [0.2, 0.25) is 0 Å². The fourth-order valence-electron chi connectivity index (χ4n) is 2.76. The second kappa shape index (κ2) is 6.09. The number of nitro groups is 1. The number of nitro benzene ring substituents is 1. The summed E-state index contributed by atoms with van der Waals surface area (Å²) in [6.45, 7) is 2.89. The van der Waals surface area contributed by atoms with Gasteiger partial charge in [-0.1, -0.05) is 0 Å². The van der Waals surface area contributed by atoms with Crippen molar-refractivity contribution in [2.24, 2.45) is 5.92 Å². The van der Waals surface area contributed by atoms with Crippen molar-refractivity contribution in [1.82, 2.24) is 4.90 Å². The first-order valence-corrected chi connectivity index (χ1v) is 6.80. The topological polar surface area (TPSA) is 86.9 Å². The van der Waals surface area contributed by atoms with E-state index in [2.05, 4.69) is 11.9 Å². The lowest BCUT2D eigenvalue weighted by Crippen LogP contribution is -2.27. The fraction of sp³-hybridized carbons (Fsp3) is 0.500. The summed E-state index contributed by atoms with van der Waals surface area (Å²) in [5.41, 5.74) is 0.0423. The van der Waals surface area contributed by atoms with E-state index in [0.717, 1.165) is 26.1 Å². The molecule has 114 valence electrons. The minimum absolute atomic E-state index is 0.270. The highest BCUT2D eigenvalue weighted by Gasteiger charge is 2.23. The van der Waals surface area contributed by atoms with Crippen molar-refractivity contribution in [1.29, 1.82) is 0 Å². The van der Waals surface area contributed by atoms with Gasteiger partial charge in [-0.3, -0.25) is 10.1 Å². The maximum Gasteiger partial charge on any atom is 0.342 e. The molecule has 0 saturated carbocycles. The van der Waals surface area contributed by atoms with Gasteiger partial charge in [-0.2, -0.15) is 0 Å². The van der Waals surface area contributed by atoms with Crippen LogP contribution in [0.5, 0.6) is 0 Å². The standard InChI is InChI=1S/C14H19N3O4/c1-15-6-5-10(8-15)9-16(2)11-3-4-13(17(20)21)12(7-11)14(18)19/h3-4,7,10H,5-6,8-9H2,1-2H3,(H,18,19). The molecular formula is C14H19N3O4. The van der Waals surface area contributed by atoms with Crippen molar-refractivity contribution in [3.05, 3.63) is 33.9 Å². The van der Waals surface area contributed by atoms with Crippen LogP contribution in [0.15, 0.2) is 18.2 Å². The van der Waals surface area contributed by atoms with E-state index in [1.54, 1.807) is 6.07 Å². The Hall–Kier alpha value is -2.15. The van der Waals surface area contributed by atoms with Crippen LogP contribution in [-0.4, -0.2) is 54.6 Å². The van der Waals surface area contributed by atoms with Crippen LogP contribution in [-0.2, 0) is 0 Å². The number of likely N-dealkylation sites (tertiary alicyclic amines) is 1. The zero-order valence-electron chi connectivity index (χ0n) is 12.2. The van der Waals surface area contributed by atoms with E-state index in [1.165, 1.54) is 12.1 Å². The predicted molar refractivity (Wildman–Crippen MR) is 78.9 cm³/mol. The molecule has 1 saturated heterocycles. The van der Waals surface area contributed by atoms with Crippen molar-refractivity contribution < 1.29 is 14.8 Å². The van der Waals surface area contributed by atoms with E-state index in [0.29, 0.717) is 11.6 Å². The summed E-state index contributed by atoms with van der Waals surface area (Å²) in [6, 6.07) is 4.23. The number of carbonyl (C=O) groups is 1. The third-order valence-electron chi connectivity index (χ3n) is 3.87. The Bertz CT molecular complexity index is 561. The largest absolute Gasteiger partial charge is 0.477 e. The number of nitrogens with zero attached hydrogens (tertiary/aromatic N) is 3. The first-order valence-electron chi connectivity index (χ1n) is 6.80. The van der Waals surface area contributed by atoms with E-state index in [9.17, 15) is 14.9 Å². The molecular weight excluding hydrogens is 274 g/mol. The van der Waals surface area contributed by atoms with Gasteiger partial charge in [0.2, 0.25) is 0 Å². The molecule has 21 heavy (non-hydrogen) atoms. The summed E-state index contributed by atoms with van der Waals surface area (Å²) in [7, 11) is 3.96. The Labute approximate surface area is 122 Å². The fourth-order valence-corrected chi connectivity index (χ4v) is 2.76. The Balaban J connectivity index is 2.17. The van der Waals surface area contributed by atoms with Gasteiger partial charge in [0.25, 0.3) is 5.69 Å². The lowest BCUT2D eigenvalue weighted by Gasteiger charge is -2.23. The number of carboxylic acids is 1. The maximum atomic E-state index is 11.2. The van der Waals surface area contributed by atoms with Gasteiger partial charge >= 0.3 is 5.97 Å². The first-order chi connectivity index (χ1) is 9.88. The van der Waals surface area contributed by atoms with Gasteiger partial charge in [-0.05, 0) is 38.1 Å². The van der Waals surface area contributed by atoms with Gasteiger partial charge in [-0.15, -0.1) is 0 Å². The summed E-state index contributed by atoms with van der Waals surface area (Å²) in [5.74, 6) is -0.749. The van der Waals surface area contributed by atoms with E-state index in [1.807, 2.05) is 11.9 Å². The minimum atomic E-state index is -1.28. The summed E-state index contributed by atoms with van der Waals surface area (Å²) < 4.78 is 0. The molecule has 1 unspecified atom stereocenters. The van der Waals surface area contributed by atoms with Crippen molar-refractivity contribution >= 4 is 17.3 Å². The van der Waals surface area contributed by atoms with E-state index in [4.69, 9.17) is 5.11 Å². The molecule has 0 amide bonds. The summed E-state index contributed by atoms with van der Waals surface area (Å²) in [6.07, 6.45) is 1.11. The van der Waals surface area contributed by atoms with Gasteiger partial charge in [0.05, 0.1) is 4.92 Å². The predicted octanol–water partition coefficient (Wildman–Crippen LogP) is 1.68. The zero-order valence-corrected chi connectivity index (χ0v) is 12.2. The number of aromatic carboxylic acids is 1. The first kappa shape index (κ1) is 15.2. The normalized spacial score (nSPS) is 18.7. The van der Waals surface area contributed by atoms with E-state index in [-0.39, 0.29) is 11.3 Å². The zero-order chi connectivity index (χ0) is 15.6. The molecule has 1 fully saturated rings. The molecule has 1 aromatic rings. The number of carboxylic acid groups (broad SMARTS) is 1. The van der Waals surface area contributed by atoms with Crippen LogP contribution >= 0.6 is 0 Å². The molecule has 1 aromatic carbocycles. The highest BCUT2D eigenvalue weighted by Crippen LogP contribution is 2.26. The number of anilines is 1. The van der Waals surface area contributed by atoms with Crippen molar-refractivity contribution in [3.63, 3.8) is 0 Å². The monoisotopic (exact) mass is 293 g/mol. The van der Waals surface area contributed by atoms with E-state index >= 15 is 0 Å². The van der Waals surface area contributed by atoms with Gasteiger partial charge in [0.15, 0.2) is 0 Å². The van der Waals surface area contributed by atoms with Crippen LogP contribution in [0.3, 0.4) is 0 Å². The third kappa shape index (κ3) is 3.49. The highest BCUT2D eigenvalue weighted by molar-refractivity contribution is 5.93. The summed E-state index contributed by atoms with van der Waals surface area (Å²) in [5, 5.41) is 20.0. The van der Waals surface area contributed by atoms with Crippen LogP contribution < -0.4 is 4.90 Å². The summed E-state index contributed by atoms with van der Waals surface area (Å²) in [4.78, 5) is 25.6. The smallest absolute Gasteiger partial charge is 0.342 e. The molecule has 7 nitrogen and oxygen atoms in total. The molecule has 0 aromatic heterocycles. The molecule has 1 atom stereocenters. The number of hydrogen-bond acceptors (Lipinski definition) is 5. The Morgan fingerprint density at radius 3 is 2.81 bits per heavy atom. The van der Waals surface area contributed by atoms with Crippen LogP contribution in [0.25, 0.3) is 0 Å². The molecule has 1 aliphatic heterocycles. The van der Waals surface area contributed by atoms with Crippen molar-refractivity contribution in [2.45, 2.75) is 6.42 Å². The molecule has 1 N–H and O–H groups in total. The van der Waals surface area contributed by atoms with Crippen LogP contribution in [0, 0.1) is 16.0 Å². The van der Waals surface area contributed by atoms with Gasteiger partial charge in [-0.25, -0.2) is 4.79 Å². The van der Waals surface area contributed by atoms with Gasteiger partial charge in [0.1, 0.15) is 5.56 Å². The lowest BCUT2D eigenvalue weighted by molar-refractivity contribution is -0.385. The van der Waals surface area contributed by atoms with Gasteiger partial charge in [0, 0.05) is 31.9 Å². The van der Waals surface area contributed by atoms with Crippen molar-refractivity contribution in [2.75, 3.05) is 38.6 Å². The Kier molecular flexibility index (Phi) is 4.42. The maximum absolute atomic E-state index is 11.2. The van der Waals surface area contributed by atoms with Crippen molar-refractivity contribution in [3.8, 4) is 0 Å². The highest BCUT2D eigenvalue weighted by atomic mass is 16.6. The molecule has 1 aliphatic rings. The number of benzene rings is 1. The molecule has 0 radical (unpaired) electrons. The molecule has 2 rings (SSSR count). The summed E-state index contributed by atoms with van der Waals surface area (Å²) >= 11 is 0. The Morgan fingerprint density at radius 1 is 1.57 bits per heavy atom. The average molecular weight is 293 g/mol. The number of hydrogen-bond donors (Lipinski definition) is 1. The average Bonchev–Trinajstić information content (AvgIpc) is 2.83. The Morgan fingerprint density at radius 2 is 2.29 bits per heavy atom. The van der Waals surface area contributed by atoms with Crippen LogP contribution in [0.1, 0.15) is 16.8 Å². The minimum Gasteiger partial charge on any atom is -0.477 e. The third-order valence-corrected chi connectivity index (χ3v) is 3.87. The van der Waals surface area contributed by atoms with Crippen LogP contribution in [0.4, 0.5) is 11.4 Å². The molecule has 0 aliphatic carbocycles. The van der Waals surface area contributed by atoms with E-state index < -0.39 is 10.9 Å². The lowest BCUT2D eigenvalue weighted by atomic mass is 10.1.